The molecule has 212 valence electrons. The number of para-hydroxylation sites is 1. The maximum absolute atomic E-state index is 6.28. The molecule has 0 aliphatic rings. The number of furan rings is 1. The largest absolute Gasteiger partial charge is 0.456 e. The van der Waals surface area contributed by atoms with Gasteiger partial charge in [0.15, 0.2) is 0 Å². The van der Waals surface area contributed by atoms with Gasteiger partial charge in [-0.1, -0.05) is 109 Å². The molecule has 1 nitrogen and oxygen atoms in total. The van der Waals surface area contributed by atoms with Crippen LogP contribution in [0.4, 0.5) is 0 Å². The van der Waals surface area contributed by atoms with Crippen molar-refractivity contribution in [1.82, 2.24) is 0 Å². The Kier molecular flexibility index (Phi) is 4.78. The molecule has 11 rings (SSSR count). The normalized spacial score (nSPS) is 12.3. The van der Waals surface area contributed by atoms with Gasteiger partial charge in [0.1, 0.15) is 11.2 Å². The minimum Gasteiger partial charge on any atom is -0.456 e. The van der Waals surface area contributed by atoms with Gasteiger partial charge in [-0.05, 0) is 102 Å². The highest BCUT2D eigenvalue weighted by molar-refractivity contribution is 7.25. The second-order valence-electron chi connectivity index (χ2n) is 12.5. The Morgan fingerprint density at radius 3 is 1.78 bits per heavy atom. The molecule has 0 saturated heterocycles. The SMILES string of the molecule is c1ccc2cc(-c3ccc4ccc5c(-c6ccc7sc8cc9c(cc8c7c6)oc6ccccc69)ccc6ccc3c4c65)ccc2c1. The van der Waals surface area contributed by atoms with Crippen molar-refractivity contribution in [2.45, 2.75) is 0 Å². The van der Waals surface area contributed by atoms with E-state index in [0.29, 0.717) is 0 Å². The van der Waals surface area contributed by atoms with Crippen molar-refractivity contribution in [2.24, 2.45) is 0 Å². The van der Waals surface area contributed by atoms with Crippen molar-refractivity contribution in [1.29, 1.82) is 0 Å². The van der Waals surface area contributed by atoms with E-state index in [1.54, 1.807) is 0 Å². The van der Waals surface area contributed by atoms with Gasteiger partial charge in [0, 0.05) is 30.9 Å². The molecule has 0 atom stereocenters. The third kappa shape index (κ3) is 3.34. The van der Waals surface area contributed by atoms with Crippen LogP contribution in [0.5, 0.6) is 0 Å². The molecule has 0 bridgehead atoms. The van der Waals surface area contributed by atoms with Gasteiger partial charge in [-0.3, -0.25) is 0 Å². The van der Waals surface area contributed by atoms with Crippen LogP contribution in [0.15, 0.2) is 150 Å². The highest BCUT2D eigenvalue weighted by Gasteiger charge is 2.17. The minimum atomic E-state index is 0.942. The predicted octanol–water partition coefficient (Wildman–Crippen LogP) is 13.3. The van der Waals surface area contributed by atoms with E-state index in [-0.39, 0.29) is 0 Å². The summed E-state index contributed by atoms with van der Waals surface area (Å²) in [6, 6.07) is 53.7. The summed E-state index contributed by atoms with van der Waals surface area (Å²) in [5.74, 6) is 0. The maximum atomic E-state index is 6.28. The van der Waals surface area contributed by atoms with Crippen molar-refractivity contribution in [3.8, 4) is 22.3 Å². The molecule has 0 spiro atoms. The third-order valence-electron chi connectivity index (χ3n) is 10.0. The first kappa shape index (κ1) is 24.6. The highest BCUT2D eigenvalue weighted by Crippen LogP contribution is 2.45. The predicted molar refractivity (Wildman–Crippen MR) is 199 cm³/mol. The standard InChI is InChI=1S/C44H24OS/c1-2-6-28-21-29(10-9-25(28)5-1)31-16-11-26-14-19-35-32(17-12-27-13-18-34(31)43(26)44(27)35)30-15-20-41-37(22-30)38-23-40-36(24-42(38)46-41)33-7-3-4-8-39(33)45-40/h1-24H. The molecular formula is C44H24OS. The van der Waals surface area contributed by atoms with Crippen LogP contribution in [-0.2, 0) is 0 Å². The van der Waals surface area contributed by atoms with Gasteiger partial charge in [-0.2, -0.15) is 0 Å². The van der Waals surface area contributed by atoms with E-state index in [2.05, 4.69) is 140 Å². The lowest BCUT2D eigenvalue weighted by molar-refractivity contribution is 0.669. The summed E-state index contributed by atoms with van der Waals surface area (Å²) in [5.41, 5.74) is 6.93. The Labute approximate surface area is 267 Å². The van der Waals surface area contributed by atoms with Crippen molar-refractivity contribution < 1.29 is 4.42 Å². The molecule has 0 unspecified atom stereocenters. The van der Waals surface area contributed by atoms with Crippen molar-refractivity contribution in [2.75, 3.05) is 0 Å². The minimum absolute atomic E-state index is 0.942. The summed E-state index contributed by atoms with van der Waals surface area (Å²) >= 11 is 1.86. The number of hydrogen-bond acceptors (Lipinski definition) is 2. The van der Waals surface area contributed by atoms with Gasteiger partial charge in [-0.15, -0.1) is 11.3 Å². The quantitative estimate of drug-likeness (QED) is 0.180. The van der Waals surface area contributed by atoms with Crippen LogP contribution in [0.1, 0.15) is 0 Å². The monoisotopic (exact) mass is 600 g/mol. The molecule has 9 aromatic carbocycles. The highest BCUT2D eigenvalue weighted by atomic mass is 32.1. The van der Waals surface area contributed by atoms with Crippen LogP contribution in [0, 0.1) is 0 Å². The van der Waals surface area contributed by atoms with Crippen molar-refractivity contribution >= 4 is 96.5 Å². The molecule has 0 saturated carbocycles. The first-order valence-electron chi connectivity index (χ1n) is 15.7. The summed E-state index contributed by atoms with van der Waals surface area (Å²) < 4.78 is 8.88. The molecule has 0 fully saturated rings. The topological polar surface area (TPSA) is 13.1 Å². The fourth-order valence-corrected chi connectivity index (χ4v) is 8.93. The maximum Gasteiger partial charge on any atom is 0.136 e. The molecule has 0 aliphatic carbocycles. The van der Waals surface area contributed by atoms with Crippen LogP contribution >= 0.6 is 11.3 Å². The van der Waals surface area contributed by atoms with Gasteiger partial charge in [0.25, 0.3) is 0 Å². The molecule has 2 heterocycles. The van der Waals surface area contributed by atoms with Crippen molar-refractivity contribution in [3.63, 3.8) is 0 Å². The molecule has 11 aromatic rings. The summed E-state index contributed by atoms with van der Waals surface area (Å²) in [6.45, 7) is 0. The first-order chi connectivity index (χ1) is 22.8. The summed E-state index contributed by atoms with van der Waals surface area (Å²) in [7, 11) is 0. The fourth-order valence-electron chi connectivity index (χ4n) is 7.82. The third-order valence-corrected chi connectivity index (χ3v) is 11.1. The zero-order valence-electron chi connectivity index (χ0n) is 24.7. The summed E-state index contributed by atoms with van der Waals surface area (Å²) in [5, 5.41) is 15.3. The number of benzene rings is 9. The van der Waals surface area contributed by atoms with E-state index in [1.165, 1.54) is 96.3 Å². The van der Waals surface area contributed by atoms with Gasteiger partial charge in [0.05, 0.1) is 0 Å². The Morgan fingerprint density at radius 1 is 0.348 bits per heavy atom. The van der Waals surface area contributed by atoms with E-state index in [1.807, 2.05) is 17.4 Å². The zero-order valence-corrected chi connectivity index (χ0v) is 25.5. The first-order valence-corrected chi connectivity index (χ1v) is 16.6. The molecule has 2 heteroatoms. The van der Waals surface area contributed by atoms with Crippen LogP contribution < -0.4 is 0 Å². The second-order valence-corrected chi connectivity index (χ2v) is 13.6. The Balaban J connectivity index is 1.13. The van der Waals surface area contributed by atoms with E-state index >= 15 is 0 Å². The molecule has 0 aliphatic heterocycles. The summed E-state index contributed by atoms with van der Waals surface area (Å²) in [4.78, 5) is 0. The van der Waals surface area contributed by atoms with E-state index in [0.717, 1.165) is 11.2 Å². The van der Waals surface area contributed by atoms with Gasteiger partial charge >= 0.3 is 0 Å². The van der Waals surface area contributed by atoms with Crippen LogP contribution in [0.2, 0.25) is 0 Å². The molecule has 0 N–H and O–H groups in total. The Bertz CT molecular complexity index is 3030. The fraction of sp³-hybridized carbons (Fsp3) is 0. The molecule has 0 amide bonds. The van der Waals surface area contributed by atoms with Gasteiger partial charge < -0.3 is 4.42 Å². The molecule has 0 radical (unpaired) electrons. The summed E-state index contributed by atoms with van der Waals surface area (Å²) in [6.07, 6.45) is 0. The molecule has 46 heavy (non-hydrogen) atoms. The zero-order chi connectivity index (χ0) is 29.9. The average Bonchev–Trinajstić information content (AvgIpc) is 3.66. The van der Waals surface area contributed by atoms with Crippen molar-refractivity contribution in [3.05, 3.63) is 146 Å². The molecule has 2 aromatic heterocycles. The van der Waals surface area contributed by atoms with E-state index < -0.39 is 0 Å². The van der Waals surface area contributed by atoms with Crippen LogP contribution in [0.3, 0.4) is 0 Å². The lowest BCUT2D eigenvalue weighted by Gasteiger charge is -2.17. The number of thiophene rings is 1. The van der Waals surface area contributed by atoms with E-state index in [9.17, 15) is 0 Å². The smallest absolute Gasteiger partial charge is 0.136 e. The van der Waals surface area contributed by atoms with Crippen LogP contribution in [0.25, 0.3) is 107 Å². The lowest BCUT2D eigenvalue weighted by atomic mass is 9.87. The molecular weight excluding hydrogens is 577 g/mol. The average molecular weight is 601 g/mol. The number of hydrogen-bond donors (Lipinski definition) is 0. The van der Waals surface area contributed by atoms with Gasteiger partial charge in [0.2, 0.25) is 0 Å². The van der Waals surface area contributed by atoms with Gasteiger partial charge in [-0.25, -0.2) is 0 Å². The lowest BCUT2D eigenvalue weighted by Crippen LogP contribution is -1.89. The number of fused-ring (bicyclic) bond motifs is 7. The van der Waals surface area contributed by atoms with Crippen LogP contribution in [-0.4, -0.2) is 0 Å². The Morgan fingerprint density at radius 2 is 0.978 bits per heavy atom. The van der Waals surface area contributed by atoms with E-state index in [4.69, 9.17) is 4.42 Å². The number of rotatable bonds is 2. The Hall–Kier alpha value is -5.70. The second kappa shape index (κ2) is 8.94.